The molecule has 3 rings (SSSR count). The number of benzene rings is 2. The summed E-state index contributed by atoms with van der Waals surface area (Å²) in [4.78, 5) is 2.44. The van der Waals surface area contributed by atoms with E-state index in [0.29, 0.717) is 0 Å². The van der Waals surface area contributed by atoms with Crippen molar-refractivity contribution in [2.24, 2.45) is 0 Å². The Hall–Kier alpha value is -1.59. The van der Waals surface area contributed by atoms with Gasteiger partial charge in [0, 0.05) is 42.8 Å². The van der Waals surface area contributed by atoms with Crippen LogP contribution in [0.1, 0.15) is 17.2 Å². The Morgan fingerprint density at radius 3 is 2.60 bits per heavy atom. The van der Waals surface area contributed by atoms with Crippen molar-refractivity contribution in [1.29, 1.82) is 0 Å². The second-order valence-corrected chi connectivity index (χ2v) is 6.54. The predicted molar refractivity (Wildman–Crippen MR) is 101 cm³/mol. The van der Waals surface area contributed by atoms with Crippen molar-refractivity contribution < 1.29 is 9.47 Å². The second kappa shape index (κ2) is 9.20. The van der Waals surface area contributed by atoms with Crippen LogP contribution in [0.25, 0.3) is 0 Å². The lowest BCUT2D eigenvalue weighted by atomic mass is 10.0. The Morgan fingerprint density at radius 1 is 1.12 bits per heavy atom. The minimum atomic E-state index is 0.229. The fraction of sp³-hybridized carbons (Fsp3) is 0.400. The molecule has 134 valence electrons. The van der Waals surface area contributed by atoms with Gasteiger partial charge in [-0.1, -0.05) is 48.0 Å². The van der Waals surface area contributed by atoms with Crippen LogP contribution in [-0.2, 0) is 11.3 Å². The van der Waals surface area contributed by atoms with Gasteiger partial charge in [0.15, 0.2) is 0 Å². The molecular formula is C20H25ClN2O2. The number of para-hydroxylation sites is 1. The van der Waals surface area contributed by atoms with Crippen molar-refractivity contribution in [3.8, 4) is 5.75 Å². The quantitative estimate of drug-likeness (QED) is 0.819. The summed E-state index contributed by atoms with van der Waals surface area (Å²) in [5.41, 5.74) is 2.32. The highest BCUT2D eigenvalue weighted by Crippen LogP contribution is 2.28. The Labute approximate surface area is 154 Å². The van der Waals surface area contributed by atoms with Crippen LogP contribution in [0.3, 0.4) is 0 Å². The van der Waals surface area contributed by atoms with Crippen LogP contribution in [0, 0.1) is 0 Å². The molecule has 0 spiro atoms. The van der Waals surface area contributed by atoms with Crippen molar-refractivity contribution in [2.45, 2.75) is 12.6 Å². The van der Waals surface area contributed by atoms with Crippen molar-refractivity contribution >= 4 is 11.6 Å². The van der Waals surface area contributed by atoms with E-state index in [1.54, 1.807) is 7.11 Å². The van der Waals surface area contributed by atoms with Crippen molar-refractivity contribution in [3.05, 3.63) is 64.7 Å². The van der Waals surface area contributed by atoms with Gasteiger partial charge in [-0.15, -0.1) is 0 Å². The summed E-state index contributed by atoms with van der Waals surface area (Å²) >= 11 is 6.48. The van der Waals surface area contributed by atoms with E-state index in [4.69, 9.17) is 21.1 Å². The summed E-state index contributed by atoms with van der Waals surface area (Å²) in [5.74, 6) is 0.913. The molecule has 5 heteroatoms. The zero-order valence-electron chi connectivity index (χ0n) is 14.6. The molecular weight excluding hydrogens is 336 g/mol. The van der Waals surface area contributed by atoms with Crippen molar-refractivity contribution in [1.82, 2.24) is 10.2 Å². The molecule has 1 aliphatic rings. The molecule has 0 saturated carbocycles. The van der Waals surface area contributed by atoms with E-state index < -0.39 is 0 Å². The summed E-state index contributed by atoms with van der Waals surface area (Å²) in [6.45, 7) is 4.97. The van der Waals surface area contributed by atoms with Crippen molar-refractivity contribution in [2.75, 3.05) is 40.0 Å². The molecule has 2 aromatic rings. The molecule has 1 atom stereocenters. The molecule has 1 unspecified atom stereocenters. The third-order valence-electron chi connectivity index (χ3n) is 4.60. The third kappa shape index (κ3) is 4.73. The van der Waals surface area contributed by atoms with E-state index in [2.05, 4.69) is 28.4 Å². The number of rotatable bonds is 7. The lowest BCUT2D eigenvalue weighted by molar-refractivity contribution is 0.0161. The van der Waals surface area contributed by atoms with E-state index in [1.165, 1.54) is 5.56 Å². The van der Waals surface area contributed by atoms with Gasteiger partial charge in [0.1, 0.15) is 5.75 Å². The topological polar surface area (TPSA) is 33.7 Å². The average molecular weight is 361 g/mol. The number of morpholine rings is 1. The highest BCUT2D eigenvalue weighted by atomic mass is 35.5. The first-order valence-electron chi connectivity index (χ1n) is 8.68. The Balaban J connectivity index is 1.70. The maximum Gasteiger partial charge on any atom is 0.123 e. The maximum absolute atomic E-state index is 6.48. The summed E-state index contributed by atoms with van der Waals surface area (Å²) in [7, 11) is 1.71. The number of nitrogens with one attached hydrogen (secondary N) is 1. The molecule has 1 heterocycles. The molecule has 25 heavy (non-hydrogen) atoms. The Kier molecular flexibility index (Phi) is 6.70. The van der Waals surface area contributed by atoms with Gasteiger partial charge in [0.25, 0.3) is 0 Å². The van der Waals surface area contributed by atoms with E-state index in [-0.39, 0.29) is 6.04 Å². The zero-order chi connectivity index (χ0) is 17.5. The molecule has 0 bridgehead atoms. The van der Waals surface area contributed by atoms with Crippen LogP contribution in [-0.4, -0.2) is 44.9 Å². The van der Waals surface area contributed by atoms with Gasteiger partial charge in [0.2, 0.25) is 0 Å². The summed E-state index contributed by atoms with van der Waals surface area (Å²) in [6, 6.07) is 16.4. The summed E-state index contributed by atoms with van der Waals surface area (Å²) < 4.78 is 10.9. The van der Waals surface area contributed by atoms with Crippen LogP contribution in [0.5, 0.6) is 5.75 Å². The summed E-state index contributed by atoms with van der Waals surface area (Å²) in [6.07, 6.45) is 0. The molecule has 0 aliphatic carbocycles. The number of hydrogen-bond donors (Lipinski definition) is 1. The van der Waals surface area contributed by atoms with Crippen molar-refractivity contribution in [3.63, 3.8) is 0 Å². The number of hydrogen-bond acceptors (Lipinski definition) is 4. The van der Waals surface area contributed by atoms with E-state index in [0.717, 1.165) is 55.7 Å². The molecule has 1 fully saturated rings. The fourth-order valence-corrected chi connectivity index (χ4v) is 3.52. The second-order valence-electron chi connectivity index (χ2n) is 6.13. The zero-order valence-corrected chi connectivity index (χ0v) is 15.3. The molecule has 0 amide bonds. The predicted octanol–water partition coefficient (Wildman–Crippen LogP) is 3.51. The van der Waals surface area contributed by atoms with Crippen LogP contribution in [0.4, 0.5) is 0 Å². The first-order chi connectivity index (χ1) is 12.3. The van der Waals surface area contributed by atoms with Crippen LogP contribution in [0.15, 0.2) is 48.5 Å². The monoisotopic (exact) mass is 360 g/mol. The molecule has 1 saturated heterocycles. The van der Waals surface area contributed by atoms with Gasteiger partial charge in [-0.3, -0.25) is 4.90 Å². The van der Waals surface area contributed by atoms with Gasteiger partial charge >= 0.3 is 0 Å². The number of methoxy groups -OCH3 is 1. The average Bonchev–Trinajstić information content (AvgIpc) is 2.67. The summed E-state index contributed by atoms with van der Waals surface area (Å²) in [5, 5.41) is 4.40. The maximum atomic E-state index is 6.48. The molecule has 1 aliphatic heterocycles. The standard InChI is InChI=1S/C20H25ClN2O2/c1-24-20-9-5-2-6-16(20)14-22-15-19(23-10-12-25-13-11-23)17-7-3-4-8-18(17)21/h2-9,19,22H,10-15H2,1H3. The van der Waals surface area contributed by atoms with Crippen LogP contribution < -0.4 is 10.1 Å². The third-order valence-corrected chi connectivity index (χ3v) is 4.94. The highest BCUT2D eigenvalue weighted by molar-refractivity contribution is 6.31. The Bertz CT molecular complexity index is 674. The highest BCUT2D eigenvalue weighted by Gasteiger charge is 2.24. The van der Waals surface area contributed by atoms with E-state index in [1.807, 2.05) is 30.3 Å². The SMILES string of the molecule is COc1ccccc1CNCC(c1ccccc1Cl)N1CCOCC1. The van der Waals surface area contributed by atoms with E-state index >= 15 is 0 Å². The van der Waals surface area contributed by atoms with Gasteiger partial charge in [-0.25, -0.2) is 0 Å². The van der Waals surface area contributed by atoms with Gasteiger partial charge in [0.05, 0.1) is 20.3 Å². The van der Waals surface area contributed by atoms with Crippen LogP contribution >= 0.6 is 11.6 Å². The number of halogens is 1. The van der Waals surface area contributed by atoms with Gasteiger partial charge in [-0.2, -0.15) is 0 Å². The normalized spacial score (nSPS) is 16.6. The molecule has 4 nitrogen and oxygen atoms in total. The lowest BCUT2D eigenvalue weighted by Gasteiger charge is -2.35. The number of nitrogens with zero attached hydrogens (tertiary/aromatic N) is 1. The molecule has 2 aromatic carbocycles. The number of ether oxygens (including phenoxy) is 2. The molecule has 0 aromatic heterocycles. The first kappa shape index (κ1) is 18.2. The lowest BCUT2D eigenvalue weighted by Crippen LogP contribution is -2.42. The molecule has 1 N–H and O–H groups in total. The first-order valence-corrected chi connectivity index (χ1v) is 9.06. The van der Waals surface area contributed by atoms with Gasteiger partial charge < -0.3 is 14.8 Å². The van der Waals surface area contributed by atoms with Crippen LogP contribution in [0.2, 0.25) is 5.02 Å². The molecule has 0 radical (unpaired) electrons. The minimum Gasteiger partial charge on any atom is -0.496 e. The fourth-order valence-electron chi connectivity index (χ4n) is 3.26. The largest absolute Gasteiger partial charge is 0.496 e. The Morgan fingerprint density at radius 2 is 1.84 bits per heavy atom. The van der Waals surface area contributed by atoms with E-state index in [9.17, 15) is 0 Å². The van der Waals surface area contributed by atoms with Gasteiger partial charge in [-0.05, 0) is 17.7 Å². The minimum absolute atomic E-state index is 0.229. The smallest absolute Gasteiger partial charge is 0.123 e.